The topological polar surface area (TPSA) is 26.3 Å². The van der Waals surface area contributed by atoms with Gasteiger partial charge in [-0.25, -0.2) is 4.79 Å². The third kappa shape index (κ3) is 1.22. The second kappa shape index (κ2) is 3.45. The Kier molecular flexibility index (Phi) is 2.28. The molecular weight excluding hydrogens is 176 g/mol. The van der Waals surface area contributed by atoms with Gasteiger partial charge in [0.15, 0.2) is 0 Å². The molecule has 0 aromatic heterocycles. The Morgan fingerprint density at radius 3 is 2.50 bits per heavy atom. The van der Waals surface area contributed by atoms with Crippen molar-refractivity contribution in [3.63, 3.8) is 0 Å². The quantitative estimate of drug-likeness (QED) is 0.670. The van der Waals surface area contributed by atoms with E-state index in [9.17, 15) is 4.79 Å². The minimum atomic E-state index is -0.146. The van der Waals surface area contributed by atoms with Gasteiger partial charge in [-0.3, -0.25) is 0 Å². The molecule has 0 saturated carbocycles. The third-order valence-corrected chi connectivity index (χ3v) is 2.81. The van der Waals surface area contributed by atoms with Gasteiger partial charge < -0.3 is 4.74 Å². The van der Waals surface area contributed by atoms with E-state index in [4.69, 9.17) is 4.74 Å². The van der Waals surface area contributed by atoms with E-state index in [1.54, 1.807) is 0 Å². The van der Waals surface area contributed by atoms with Gasteiger partial charge in [0.25, 0.3) is 0 Å². The molecule has 2 nitrogen and oxygen atoms in total. The van der Waals surface area contributed by atoms with Gasteiger partial charge in [-0.2, -0.15) is 0 Å². The van der Waals surface area contributed by atoms with Crippen LogP contribution in [0.15, 0.2) is 12.1 Å². The molecular formula is C12H14O2. The Hall–Kier alpha value is -1.31. The molecule has 1 aromatic rings. The van der Waals surface area contributed by atoms with Crippen LogP contribution in [0, 0.1) is 0 Å². The van der Waals surface area contributed by atoms with Gasteiger partial charge in [-0.1, -0.05) is 26.0 Å². The molecule has 0 aliphatic carbocycles. The molecule has 0 bridgehead atoms. The summed E-state index contributed by atoms with van der Waals surface area (Å²) in [5.74, 6) is -0.146. The molecule has 1 heterocycles. The van der Waals surface area contributed by atoms with E-state index in [2.05, 4.69) is 19.9 Å². The fourth-order valence-corrected chi connectivity index (χ4v) is 1.99. The summed E-state index contributed by atoms with van der Waals surface area (Å²) in [6, 6.07) is 4.16. The number of fused-ring (bicyclic) bond motifs is 1. The predicted octanol–water partition coefficient (Wildman–Crippen LogP) is 2.48. The highest BCUT2D eigenvalue weighted by molar-refractivity contribution is 5.95. The van der Waals surface area contributed by atoms with Crippen molar-refractivity contribution in [3.8, 4) is 0 Å². The van der Waals surface area contributed by atoms with Gasteiger partial charge >= 0.3 is 5.97 Å². The normalized spacial score (nSPS) is 14.0. The molecule has 0 amide bonds. The smallest absolute Gasteiger partial charge is 0.339 e. The highest BCUT2D eigenvalue weighted by Crippen LogP contribution is 2.27. The molecule has 0 N–H and O–H groups in total. The van der Waals surface area contributed by atoms with Gasteiger partial charge in [0.05, 0.1) is 5.56 Å². The van der Waals surface area contributed by atoms with E-state index in [-0.39, 0.29) is 5.97 Å². The number of carbonyl (C=O) groups is 1. The minimum Gasteiger partial charge on any atom is -0.457 e. The highest BCUT2D eigenvalue weighted by Gasteiger charge is 2.25. The van der Waals surface area contributed by atoms with E-state index < -0.39 is 0 Å². The van der Waals surface area contributed by atoms with Crippen molar-refractivity contribution in [2.75, 3.05) is 0 Å². The predicted molar refractivity (Wildman–Crippen MR) is 54.3 cm³/mol. The maximum absolute atomic E-state index is 11.5. The monoisotopic (exact) mass is 190 g/mol. The number of ether oxygens (including phenoxy) is 1. The summed E-state index contributed by atoms with van der Waals surface area (Å²) in [4.78, 5) is 11.5. The lowest BCUT2D eigenvalue weighted by Crippen LogP contribution is -2.01. The standard InChI is InChI=1S/C12H14O2/c1-3-8-5-6-9(4-2)11-10(8)7-14-12(11)13/h5-6H,3-4,7H2,1-2H3. The summed E-state index contributed by atoms with van der Waals surface area (Å²) < 4.78 is 5.07. The molecule has 1 aromatic carbocycles. The third-order valence-electron chi connectivity index (χ3n) is 2.81. The van der Waals surface area contributed by atoms with Crippen LogP contribution in [0.3, 0.4) is 0 Å². The van der Waals surface area contributed by atoms with Crippen molar-refractivity contribution < 1.29 is 9.53 Å². The number of cyclic esters (lactones) is 1. The maximum Gasteiger partial charge on any atom is 0.339 e. The summed E-state index contributed by atoms with van der Waals surface area (Å²) in [5, 5.41) is 0. The molecule has 0 spiro atoms. The number of esters is 1. The number of carbonyl (C=O) groups excluding carboxylic acids is 1. The van der Waals surface area contributed by atoms with Crippen molar-refractivity contribution in [2.24, 2.45) is 0 Å². The molecule has 2 rings (SSSR count). The van der Waals surface area contributed by atoms with Crippen LogP contribution in [-0.4, -0.2) is 5.97 Å². The van der Waals surface area contributed by atoms with Crippen molar-refractivity contribution >= 4 is 5.97 Å². The van der Waals surface area contributed by atoms with Crippen molar-refractivity contribution in [3.05, 3.63) is 34.4 Å². The van der Waals surface area contributed by atoms with Gasteiger partial charge in [0.2, 0.25) is 0 Å². The second-order valence-corrected chi connectivity index (χ2v) is 3.52. The van der Waals surface area contributed by atoms with Crippen molar-refractivity contribution in [1.82, 2.24) is 0 Å². The minimum absolute atomic E-state index is 0.146. The molecule has 74 valence electrons. The van der Waals surface area contributed by atoms with Gasteiger partial charge in [0.1, 0.15) is 6.61 Å². The number of rotatable bonds is 2. The largest absolute Gasteiger partial charge is 0.457 e. The number of hydrogen-bond donors (Lipinski definition) is 0. The molecule has 1 aliphatic rings. The summed E-state index contributed by atoms with van der Waals surface area (Å²) >= 11 is 0. The van der Waals surface area contributed by atoms with Crippen LogP contribution in [0.25, 0.3) is 0 Å². The average Bonchev–Trinajstić information content (AvgIpc) is 2.60. The molecule has 0 unspecified atom stereocenters. The molecule has 0 atom stereocenters. The van der Waals surface area contributed by atoms with E-state index >= 15 is 0 Å². The highest BCUT2D eigenvalue weighted by atomic mass is 16.5. The van der Waals surface area contributed by atoms with Crippen LogP contribution in [-0.2, 0) is 24.2 Å². The fourth-order valence-electron chi connectivity index (χ4n) is 1.99. The fraction of sp³-hybridized carbons (Fsp3) is 0.417. The lowest BCUT2D eigenvalue weighted by molar-refractivity contribution is 0.0534. The zero-order chi connectivity index (χ0) is 10.1. The first-order chi connectivity index (χ1) is 6.77. The Bertz CT molecular complexity index is 380. The Labute approximate surface area is 83.9 Å². The van der Waals surface area contributed by atoms with Crippen LogP contribution in [0.2, 0.25) is 0 Å². The SMILES string of the molecule is CCc1ccc(CC)c2c1COC2=O. The van der Waals surface area contributed by atoms with Crippen LogP contribution in [0.1, 0.15) is 40.9 Å². The molecule has 1 aliphatic heterocycles. The molecule has 0 saturated heterocycles. The van der Waals surface area contributed by atoms with Crippen LogP contribution in [0.4, 0.5) is 0 Å². The zero-order valence-electron chi connectivity index (χ0n) is 8.59. The first-order valence-electron chi connectivity index (χ1n) is 5.08. The lowest BCUT2D eigenvalue weighted by Gasteiger charge is -2.06. The zero-order valence-corrected chi connectivity index (χ0v) is 8.59. The summed E-state index contributed by atoms with van der Waals surface area (Å²) in [7, 11) is 0. The first kappa shape index (κ1) is 9.25. The maximum atomic E-state index is 11.5. The Morgan fingerprint density at radius 1 is 1.21 bits per heavy atom. The van der Waals surface area contributed by atoms with Gasteiger partial charge in [-0.05, 0) is 24.0 Å². The van der Waals surface area contributed by atoms with E-state index in [1.807, 2.05) is 6.07 Å². The first-order valence-corrected chi connectivity index (χ1v) is 5.08. The van der Waals surface area contributed by atoms with Crippen molar-refractivity contribution in [2.45, 2.75) is 33.3 Å². The van der Waals surface area contributed by atoms with Gasteiger partial charge in [-0.15, -0.1) is 0 Å². The van der Waals surface area contributed by atoms with E-state index in [0.29, 0.717) is 6.61 Å². The number of hydrogen-bond acceptors (Lipinski definition) is 2. The number of benzene rings is 1. The van der Waals surface area contributed by atoms with Crippen LogP contribution < -0.4 is 0 Å². The van der Waals surface area contributed by atoms with Crippen molar-refractivity contribution in [1.29, 1.82) is 0 Å². The van der Waals surface area contributed by atoms with Crippen LogP contribution >= 0.6 is 0 Å². The molecule has 14 heavy (non-hydrogen) atoms. The lowest BCUT2D eigenvalue weighted by atomic mass is 9.95. The summed E-state index contributed by atoms with van der Waals surface area (Å²) in [5.41, 5.74) is 4.28. The second-order valence-electron chi connectivity index (χ2n) is 3.52. The summed E-state index contributed by atoms with van der Waals surface area (Å²) in [6.45, 7) is 4.63. The van der Waals surface area contributed by atoms with E-state index in [0.717, 1.165) is 29.5 Å². The molecule has 0 fully saturated rings. The Balaban J connectivity index is 2.62. The molecule has 0 radical (unpaired) electrons. The Morgan fingerprint density at radius 2 is 1.86 bits per heavy atom. The number of aryl methyl sites for hydroxylation is 2. The molecule has 2 heteroatoms. The summed E-state index contributed by atoms with van der Waals surface area (Å²) in [6.07, 6.45) is 1.85. The van der Waals surface area contributed by atoms with Gasteiger partial charge in [0, 0.05) is 5.56 Å². The van der Waals surface area contributed by atoms with E-state index in [1.165, 1.54) is 5.56 Å². The average molecular weight is 190 g/mol. The van der Waals surface area contributed by atoms with Crippen LogP contribution in [0.5, 0.6) is 0 Å².